The molecule has 0 amide bonds. The first kappa shape index (κ1) is 16.0. The molecule has 0 aliphatic heterocycles. The molecule has 1 aromatic heterocycles. The summed E-state index contributed by atoms with van der Waals surface area (Å²) in [4.78, 5) is 4.24. The van der Waals surface area contributed by atoms with Gasteiger partial charge in [0.05, 0.1) is 6.61 Å². The van der Waals surface area contributed by atoms with E-state index in [-0.39, 0.29) is 6.61 Å². The molecule has 5 nitrogen and oxygen atoms in total. The molecule has 2 aromatic rings. The Kier molecular flexibility index (Phi) is 5.36. The lowest BCUT2D eigenvalue weighted by Crippen LogP contribution is -2.13. The predicted molar refractivity (Wildman–Crippen MR) is 84.0 cm³/mol. The van der Waals surface area contributed by atoms with E-state index in [4.69, 9.17) is 4.74 Å². The zero-order chi connectivity index (χ0) is 15.4. The second kappa shape index (κ2) is 7.04. The number of aliphatic hydroxyl groups is 1. The molecule has 0 bridgehead atoms. The molecule has 21 heavy (non-hydrogen) atoms. The number of hydrogen-bond donors (Lipinski definition) is 1. The Morgan fingerprint density at radius 1 is 1.38 bits per heavy atom. The number of halogens is 1. The van der Waals surface area contributed by atoms with Crippen LogP contribution in [0.4, 0.5) is 0 Å². The molecular formula is C15H20BrN3O2. The number of aliphatic hydroxyl groups excluding tert-OH is 1. The fraction of sp³-hybridized carbons (Fsp3) is 0.467. The fourth-order valence-electron chi connectivity index (χ4n) is 2.16. The topological polar surface area (TPSA) is 60.2 Å². The third-order valence-corrected chi connectivity index (χ3v) is 3.52. The zero-order valence-corrected chi connectivity index (χ0v) is 14.1. The molecule has 0 atom stereocenters. The van der Waals surface area contributed by atoms with Gasteiger partial charge in [-0.2, -0.15) is 5.10 Å². The van der Waals surface area contributed by atoms with Gasteiger partial charge in [0.15, 0.2) is 5.82 Å². The van der Waals surface area contributed by atoms with Crippen LogP contribution >= 0.6 is 15.9 Å². The van der Waals surface area contributed by atoms with Crippen LogP contribution in [0.3, 0.4) is 0 Å². The Morgan fingerprint density at radius 2 is 2.14 bits per heavy atom. The molecular weight excluding hydrogens is 334 g/mol. The van der Waals surface area contributed by atoms with Crippen LogP contribution in [0.15, 0.2) is 22.9 Å². The van der Waals surface area contributed by atoms with Crippen LogP contribution in [0.2, 0.25) is 0 Å². The molecule has 0 aliphatic rings. The maximum atomic E-state index is 9.46. The molecule has 6 heteroatoms. The molecule has 2 rings (SSSR count). The first-order chi connectivity index (χ1) is 10.0. The Hall–Kier alpha value is -1.40. The smallest absolute Gasteiger partial charge is 0.164 e. The Balaban J connectivity index is 2.15. The normalized spacial score (nSPS) is 11.1. The highest BCUT2D eigenvalue weighted by Crippen LogP contribution is 2.28. The van der Waals surface area contributed by atoms with Crippen LogP contribution in [0.1, 0.15) is 30.8 Å². The van der Waals surface area contributed by atoms with E-state index in [0.717, 1.165) is 28.0 Å². The van der Waals surface area contributed by atoms with E-state index in [1.165, 1.54) is 0 Å². The summed E-state index contributed by atoms with van der Waals surface area (Å²) in [5.74, 6) is 1.99. The van der Waals surface area contributed by atoms with Gasteiger partial charge in [0.25, 0.3) is 0 Å². The highest BCUT2D eigenvalue weighted by molar-refractivity contribution is 9.10. The first-order valence-electron chi connectivity index (χ1n) is 6.90. The molecule has 1 heterocycles. The van der Waals surface area contributed by atoms with Gasteiger partial charge >= 0.3 is 0 Å². The number of hydrogen-bond acceptors (Lipinski definition) is 4. The summed E-state index contributed by atoms with van der Waals surface area (Å²) < 4.78 is 8.66. The van der Waals surface area contributed by atoms with Crippen LogP contribution in [0.5, 0.6) is 5.75 Å². The maximum Gasteiger partial charge on any atom is 0.164 e. The van der Waals surface area contributed by atoms with Crippen molar-refractivity contribution in [2.24, 2.45) is 5.92 Å². The average molecular weight is 354 g/mol. The number of aryl methyl sites for hydroxylation is 1. The minimum Gasteiger partial charge on any atom is -0.485 e. The van der Waals surface area contributed by atoms with Crippen LogP contribution in [0, 0.1) is 12.8 Å². The average Bonchev–Trinajstić information content (AvgIpc) is 2.83. The van der Waals surface area contributed by atoms with E-state index in [9.17, 15) is 5.11 Å². The summed E-state index contributed by atoms with van der Waals surface area (Å²) in [7, 11) is 0. The lowest BCUT2D eigenvalue weighted by Gasteiger charge is -2.14. The number of rotatable bonds is 6. The summed E-state index contributed by atoms with van der Waals surface area (Å²) in [5.41, 5.74) is 1.74. The molecule has 1 aromatic carbocycles. The molecule has 114 valence electrons. The monoisotopic (exact) mass is 353 g/mol. The van der Waals surface area contributed by atoms with Crippen LogP contribution in [0.25, 0.3) is 0 Å². The summed E-state index contributed by atoms with van der Waals surface area (Å²) in [6.07, 6.45) is 1.54. The van der Waals surface area contributed by atoms with E-state index in [0.29, 0.717) is 18.3 Å². The van der Waals surface area contributed by atoms with E-state index < -0.39 is 0 Å². The summed E-state index contributed by atoms with van der Waals surface area (Å²) >= 11 is 3.42. The summed E-state index contributed by atoms with van der Waals surface area (Å²) in [6, 6.07) is 3.83. The summed E-state index contributed by atoms with van der Waals surface area (Å²) in [6.45, 7) is 7.31. The molecule has 1 N–H and O–H groups in total. The van der Waals surface area contributed by atoms with Crippen molar-refractivity contribution in [1.29, 1.82) is 0 Å². The fourth-order valence-corrected chi connectivity index (χ4v) is 2.78. The largest absolute Gasteiger partial charge is 0.485 e. The van der Waals surface area contributed by atoms with Gasteiger partial charge in [0.1, 0.15) is 18.7 Å². The van der Waals surface area contributed by atoms with Crippen molar-refractivity contribution in [3.8, 4) is 5.75 Å². The molecule has 0 saturated heterocycles. The van der Waals surface area contributed by atoms with Gasteiger partial charge in [-0.3, -0.25) is 0 Å². The van der Waals surface area contributed by atoms with E-state index >= 15 is 0 Å². The minimum absolute atomic E-state index is 0.0612. The SMILES string of the molecule is Cc1cc(Br)cc(CO)c1OCc1ncnn1CC(C)C. The van der Waals surface area contributed by atoms with Gasteiger partial charge in [-0.1, -0.05) is 29.8 Å². The lowest BCUT2D eigenvalue weighted by molar-refractivity contribution is 0.250. The molecule has 0 fully saturated rings. The van der Waals surface area contributed by atoms with Crippen LogP contribution in [-0.2, 0) is 19.8 Å². The maximum absolute atomic E-state index is 9.46. The van der Waals surface area contributed by atoms with Crippen molar-refractivity contribution in [3.05, 3.63) is 39.9 Å². The van der Waals surface area contributed by atoms with Crippen molar-refractivity contribution in [2.75, 3.05) is 0 Å². The van der Waals surface area contributed by atoms with Gasteiger partial charge in [-0.15, -0.1) is 0 Å². The van der Waals surface area contributed by atoms with Gasteiger partial charge in [-0.25, -0.2) is 9.67 Å². The lowest BCUT2D eigenvalue weighted by atomic mass is 10.1. The first-order valence-corrected chi connectivity index (χ1v) is 7.70. The molecule has 0 saturated carbocycles. The van der Waals surface area contributed by atoms with Crippen molar-refractivity contribution in [3.63, 3.8) is 0 Å². The van der Waals surface area contributed by atoms with Crippen LogP contribution < -0.4 is 4.74 Å². The third-order valence-electron chi connectivity index (χ3n) is 3.07. The van der Waals surface area contributed by atoms with Crippen molar-refractivity contribution in [2.45, 2.75) is 40.5 Å². The van der Waals surface area contributed by atoms with Gasteiger partial charge in [0.2, 0.25) is 0 Å². The standard InChI is InChI=1S/C15H20BrN3O2/c1-10(2)6-19-14(17-9-18-19)8-21-15-11(3)4-13(16)5-12(15)7-20/h4-5,9-10,20H,6-8H2,1-3H3. The second-order valence-corrected chi connectivity index (χ2v) is 6.33. The van der Waals surface area contributed by atoms with Crippen molar-refractivity contribution >= 4 is 15.9 Å². The Morgan fingerprint density at radius 3 is 2.81 bits per heavy atom. The number of aromatic nitrogens is 3. The highest BCUT2D eigenvalue weighted by atomic mass is 79.9. The van der Waals surface area contributed by atoms with Crippen molar-refractivity contribution < 1.29 is 9.84 Å². The second-order valence-electron chi connectivity index (χ2n) is 5.41. The highest BCUT2D eigenvalue weighted by Gasteiger charge is 2.11. The van der Waals surface area contributed by atoms with Gasteiger partial charge in [-0.05, 0) is 30.5 Å². The van der Waals surface area contributed by atoms with E-state index in [2.05, 4.69) is 39.9 Å². The van der Waals surface area contributed by atoms with Crippen LogP contribution in [-0.4, -0.2) is 19.9 Å². The molecule has 0 unspecified atom stereocenters. The molecule has 0 spiro atoms. The molecule has 0 radical (unpaired) electrons. The minimum atomic E-state index is -0.0612. The van der Waals surface area contributed by atoms with Gasteiger partial charge in [0, 0.05) is 16.6 Å². The Bertz CT molecular complexity index is 611. The predicted octanol–water partition coefficient (Wildman–Crippen LogP) is 3.08. The number of nitrogens with zero attached hydrogens (tertiary/aromatic N) is 3. The van der Waals surface area contributed by atoms with Crippen molar-refractivity contribution in [1.82, 2.24) is 14.8 Å². The van der Waals surface area contributed by atoms with Gasteiger partial charge < -0.3 is 9.84 Å². The number of benzene rings is 1. The molecule has 0 aliphatic carbocycles. The number of ether oxygens (including phenoxy) is 1. The Labute approximate surface area is 133 Å². The summed E-state index contributed by atoms with van der Waals surface area (Å²) in [5, 5.41) is 13.7. The quantitative estimate of drug-likeness (QED) is 0.866. The van der Waals surface area contributed by atoms with E-state index in [1.807, 2.05) is 23.7 Å². The van der Waals surface area contributed by atoms with E-state index in [1.54, 1.807) is 6.33 Å². The third kappa shape index (κ3) is 4.04. The zero-order valence-electron chi connectivity index (χ0n) is 12.5.